The van der Waals surface area contributed by atoms with Crippen molar-refractivity contribution >= 4 is 32.5 Å². The minimum Gasteiger partial charge on any atom is -0.338 e. The summed E-state index contributed by atoms with van der Waals surface area (Å²) < 4.78 is 37.2. The summed E-state index contributed by atoms with van der Waals surface area (Å²) in [6, 6.07) is 17.1. The SMILES string of the molecule is CCS(=O)(=O)c1ccc(C(=O)Nc2ccc3nc(-c4cccc(F)c4)[nH]c3c2)cc1. The molecule has 0 aliphatic heterocycles. The second-order valence-electron chi connectivity index (χ2n) is 6.71. The average molecular weight is 423 g/mol. The maximum Gasteiger partial charge on any atom is 0.255 e. The largest absolute Gasteiger partial charge is 0.338 e. The van der Waals surface area contributed by atoms with Crippen LogP contribution in [0.5, 0.6) is 0 Å². The quantitative estimate of drug-likeness (QED) is 0.497. The van der Waals surface area contributed by atoms with Crippen LogP contribution < -0.4 is 5.32 Å². The van der Waals surface area contributed by atoms with Crippen molar-refractivity contribution in [2.45, 2.75) is 11.8 Å². The van der Waals surface area contributed by atoms with Crippen LogP contribution in [0, 0.1) is 5.82 Å². The Labute approximate surface area is 172 Å². The molecule has 6 nitrogen and oxygen atoms in total. The van der Waals surface area contributed by atoms with E-state index in [2.05, 4.69) is 15.3 Å². The van der Waals surface area contributed by atoms with Gasteiger partial charge in [0.1, 0.15) is 11.6 Å². The maximum absolute atomic E-state index is 13.5. The third-order valence-corrected chi connectivity index (χ3v) is 6.44. The number of nitrogens with one attached hydrogen (secondary N) is 2. The van der Waals surface area contributed by atoms with Gasteiger partial charge in [0.25, 0.3) is 5.91 Å². The summed E-state index contributed by atoms with van der Waals surface area (Å²) >= 11 is 0. The lowest BCUT2D eigenvalue weighted by atomic mass is 10.2. The predicted molar refractivity (Wildman–Crippen MR) is 114 cm³/mol. The van der Waals surface area contributed by atoms with E-state index in [0.29, 0.717) is 33.7 Å². The molecule has 0 atom stereocenters. The van der Waals surface area contributed by atoms with Crippen molar-refractivity contribution in [1.82, 2.24) is 9.97 Å². The summed E-state index contributed by atoms with van der Waals surface area (Å²) in [7, 11) is -3.31. The number of benzene rings is 3. The van der Waals surface area contributed by atoms with E-state index < -0.39 is 9.84 Å². The first-order chi connectivity index (χ1) is 14.4. The molecule has 1 aromatic heterocycles. The number of hydrogen-bond acceptors (Lipinski definition) is 4. The lowest BCUT2D eigenvalue weighted by Gasteiger charge is -2.06. The predicted octanol–water partition coefficient (Wildman–Crippen LogP) is 4.41. The number of H-pyrrole nitrogens is 1. The van der Waals surface area contributed by atoms with E-state index in [1.165, 1.54) is 36.4 Å². The zero-order valence-corrected chi connectivity index (χ0v) is 16.8. The van der Waals surface area contributed by atoms with Gasteiger partial charge in [0.05, 0.1) is 21.7 Å². The van der Waals surface area contributed by atoms with Gasteiger partial charge in [-0.1, -0.05) is 19.1 Å². The molecule has 4 aromatic rings. The number of rotatable bonds is 5. The maximum atomic E-state index is 13.5. The molecule has 0 saturated carbocycles. The molecule has 8 heteroatoms. The van der Waals surface area contributed by atoms with Crippen LogP contribution in [0.4, 0.5) is 10.1 Å². The zero-order chi connectivity index (χ0) is 21.3. The molecule has 0 fully saturated rings. The number of carbonyl (C=O) groups excluding carboxylic acids is 1. The molecule has 1 heterocycles. The standard InChI is InChI=1S/C22H18FN3O3S/c1-2-30(28,29)18-9-6-14(7-10-18)22(27)24-17-8-11-19-20(13-17)26-21(25-19)15-4-3-5-16(23)12-15/h3-13H,2H2,1H3,(H,24,27)(H,25,26). The van der Waals surface area contributed by atoms with Gasteiger partial charge < -0.3 is 10.3 Å². The topological polar surface area (TPSA) is 91.9 Å². The van der Waals surface area contributed by atoms with Crippen molar-refractivity contribution in [3.8, 4) is 11.4 Å². The molecule has 3 aromatic carbocycles. The Bertz CT molecular complexity index is 1350. The Kier molecular flexibility index (Phi) is 5.09. The Morgan fingerprint density at radius 3 is 2.53 bits per heavy atom. The van der Waals surface area contributed by atoms with Crippen molar-refractivity contribution in [3.63, 3.8) is 0 Å². The van der Waals surface area contributed by atoms with Crippen molar-refractivity contribution < 1.29 is 17.6 Å². The smallest absolute Gasteiger partial charge is 0.255 e. The van der Waals surface area contributed by atoms with Gasteiger partial charge in [0.2, 0.25) is 0 Å². The fraction of sp³-hybridized carbons (Fsp3) is 0.0909. The highest BCUT2D eigenvalue weighted by Crippen LogP contribution is 2.24. The van der Waals surface area contributed by atoms with Crippen LogP contribution in [0.15, 0.2) is 71.6 Å². The summed E-state index contributed by atoms with van der Waals surface area (Å²) in [4.78, 5) is 20.3. The number of anilines is 1. The Balaban J connectivity index is 1.56. The third-order valence-electron chi connectivity index (χ3n) is 4.69. The van der Waals surface area contributed by atoms with Gasteiger partial charge in [-0.15, -0.1) is 0 Å². The van der Waals surface area contributed by atoms with E-state index >= 15 is 0 Å². The highest BCUT2D eigenvalue weighted by molar-refractivity contribution is 7.91. The van der Waals surface area contributed by atoms with Gasteiger partial charge in [-0.05, 0) is 54.6 Å². The summed E-state index contributed by atoms with van der Waals surface area (Å²) in [5, 5.41) is 2.78. The van der Waals surface area contributed by atoms with E-state index in [4.69, 9.17) is 0 Å². The third kappa shape index (κ3) is 3.95. The number of imidazole rings is 1. The number of halogens is 1. The van der Waals surface area contributed by atoms with Crippen molar-refractivity contribution in [2.24, 2.45) is 0 Å². The molecule has 30 heavy (non-hydrogen) atoms. The molecule has 0 spiro atoms. The van der Waals surface area contributed by atoms with Gasteiger partial charge in [-0.25, -0.2) is 17.8 Å². The van der Waals surface area contributed by atoms with Crippen LogP contribution in [-0.2, 0) is 9.84 Å². The summed E-state index contributed by atoms with van der Waals surface area (Å²) in [5.41, 5.74) is 2.89. The minimum atomic E-state index is -3.31. The molecule has 0 aliphatic carbocycles. The van der Waals surface area contributed by atoms with Crippen LogP contribution >= 0.6 is 0 Å². The number of sulfone groups is 1. The molecule has 0 radical (unpaired) electrons. The highest BCUT2D eigenvalue weighted by Gasteiger charge is 2.13. The zero-order valence-electron chi connectivity index (χ0n) is 16.0. The molecular formula is C22H18FN3O3S. The Morgan fingerprint density at radius 2 is 1.83 bits per heavy atom. The van der Waals surface area contributed by atoms with Crippen LogP contribution in [0.25, 0.3) is 22.4 Å². The summed E-state index contributed by atoms with van der Waals surface area (Å²) in [5.74, 6) is -0.181. The first-order valence-corrected chi connectivity index (χ1v) is 10.9. The number of aromatic amines is 1. The first-order valence-electron chi connectivity index (χ1n) is 9.25. The molecule has 0 bridgehead atoms. The van der Waals surface area contributed by atoms with Crippen LogP contribution in [-0.4, -0.2) is 30.0 Å². The van der Waals surface area contributed by atoms with Crippen molar-refractivity contribution in [3.05, 3.63) is 78.1 Å². The second-order valence-corrected chi connectivity index (χ2v) is 8.99. The second kappa shape index (κ2) is 7.72. The van der Waals surface area contributed by atoms with Gasteiger partial charge >= 0.3 is 0 Å². The van der Waals surface area contributed by atoms with Crippen LogP contribution in [0.1, 0.15) is 17.3 Å². The van der Waals surface area contributed by atoms with Crippen molar-refractivity contribution in [1.29, 1.82) is 0 Å². The molecule has 0 saturated heterocycles. The van der Waals surface area contributed by atoms with E-state index in [1.807, 2.05) is 0 Å². The van der Waals surface area contributed by atoms with Crippen LogP contribution in [0.3, 0.4) is 0 Å². The molecular weight excluding hydrogens is 405 g/mol. The van der Waals surface area contributed by atoms with Gasteiger partial charge in [-0.3, -0.25) is 4.79 Å². The molecule has 2 N–H and O–H groups in total. The lowest BCUT2D eigenvalue weighted by molar-refractivity contribution is 0.102. The normalized spacial score (nSPS) is 11.5. The number of carbonyl (C=O) groups is 1. The van der Waals surface area contributed by atoms with E-state index in [0.717, 1.165) is 0 Å². The van der Waals surface area contributed by atoms with E-state index in [-0.39, 0.29) is 22.4 Å². The number of fused-ring (bicyclic) bond motifs is 1. The highest BCUT2D eigenvalue weighted by atomic mass is 32.2. The first kappa shape index (κ1) is 19.8. The Morgan fingerprint density at radius 1 is 1.07 bits per heavy atom. The molecule has 152 valence electrons. The van der Waals surface area contributed by atoms with E-state index in [9.17, 15) is 17.6 Å². The fourth-order valence-corrected chi connectivity index (χ4v) is 3.93. The van der Waals surface area contributed by atoms with Gasteiger partial charge in [0, 0.05) is 16.8 Å². The van der Waals surface area contributed by atoms with Crippen LogP contribution in [0.2, 0.25) is 0 Å². The van der Waals surface area contributed by atoms with Gasteiger partial charge in [-0.2, -0.15) is 0 Å². The number of aromatic nitrogens is 2. The monoisotopic (exact) mass is 423 g/mol. The summed E-state index contributed by atoms with van der Waals surface area (Å²) in [6.07, 6.45) is 0. The lowest BCUT2D eigenvalue weighted by Crippen LogP contribution is -2.12. The number of nitrogens with zero attached hydrogens (tertiary/aromatic N) is 1. The molecule has 4 rings (SSSR count). The van der Waals surface area contributed by atoms with Crippen molar-refractivity contribution in [2.75, 3.05) is 11.1 Å². The fourth-order valence-electron chi connectivity index (χ4n) is 3.04. The molecule has 1 amide bonds. The molecule has 0 aliphatic rings. The Hall–Kier alpha value is -3.52. The summed E-state index contributed by atoms with van der Waals surface area (Å²) in [6.45, 7) is 1.57. The molecule has 0 unspecified atom stereocenters. The number of hydrogen-bond donors (Lipinski definition) is 2. The average Bonchev–Trinajstić information content (AvgIpc) is 3.17. The number of amides is 1. The minimum absolute atomic E-state index is 0.000348. The van der Waals surface area contributed by atoms with E-state index in [1.54, 1.807) is 37.3 Å². The van der Waals surface area contributed by atoms with Gasteiger partial charge in [0.15, 0.2) is 9.84 Å².